The van der Waals surface area contributed by atoms with Gasteiger partial charge in [-0.2, -0.15) is 0 Å². The minimum absolute atomic E-state index is 0.430. The van der Waals surface area contributed by atoms with Gasteiger partial charge in [0.2, 0.25) is 0 Å². The van der Waals surface area contributed by atoms with Crippen LogP contribution in [0.4, 0.5) is 0 Å². The number of benzene rings is 1. The third-order valence-corrected chi connectivity index (χ3v) is 4.82. The summed E-state index contributed by atoms with van der Waals surface area (Å²) in [6.07, 6.45) is -1.28. The van der Waals surface area contributed by atoms with Gasteiger partial charge in [-0.05, 0) is 11.6 Å². The van der Waals surface area contributed by atoms with Crippen LogP contribution in [0, 0.1) is 0 Å². The van der Waals surface area contributed by atoms with E-state index in [-0.39, 0.29) is 0 Å². The molecule has 4 nitrogen and oxygen atoms in total. The molecule has 1 aliphatic rings. The third kappa shape index (κ3) is 3.44. The largest absolute Gasteiger partial charge is 0.389 e. The molecule has 0 bridgehead atoms. The van der Waals surface area contributed by atoms with Crippen molar-refractivity contribution < 1.29 is 10.2 Å². The number of thiazole rings is 1. The maximum atomic E-state index is 9.60. The molecule has 2 heterocycles. The predicted octanol–water partition coefficient (Wildman–Crippen LogP) is 2.09. The molecule has 0 amide bonds. The fourth-order valence-corrected chi connectivity index (χ4v) is 3.58. The van der Waals surface area contributed by atoms with Crippen molar-refractivity contribution in [3.8, 4) is 10.6 Å². The van der Waals surface area contributed by atoms with E-state index in [1.54, 1.807) is 11.3 Å². The number of β-amino-alcohol motifs (C(OH)–C–C–N with tert-alkyl or cyclic N) is 2. The second-order valence-electron chi connectivity index (χ2n) is 5.31. The number of aromatic nitrogens is 1. The maximum Gasteiger partial charge on any atom is 0.123 e. The first-order valence-corrected chi connectivity index (χ1v) is 8.25. The zero-order chi connectivity index (χ0) is 14.8. The summed E-state index contributed by atoms with van der Waals surface area (Å²) in [4.78, 5) is 6.55. The summed E-state index contributed by atoms with van der Waals surface area (Å²) < 4.78 is 0. The highest BCUT2D eigenvalue weighted by atomic mass is 35.5. The van der Waals surface area contributed by atoms with Crippen molar-refractivity contribution in [1.82, 2.24) is 9.88 Å². The zero-order valence-corrected chi connectivity index (χ0v) is 13.0. The minimum atomic E-state index is -0.640. The van der Waals surface area contributed by atoms with Gasteiger partial charge in [0.15, 0.2) is 0 Å². The van der Waals surface area contributed by atoms with Crippen molar-refractivity contribution in [3.05, 3.63) is 40.9 Å². The summed E-state index contributed by atoms with van der Waals surface area (Å²) >= 11 is 7.38. The Morgan fingerprint density at radius 1 is 1.29 bits per heavy atom. The van der Waals surface area contributed by atoms with Gasteiger partial charge >= 0.3 is 0 Å². The van der Waals surface area contributed by atoms with E-state index >= 15 is 0 Å². The van der Waals surface area contributed by atoms with Crippen LogP contribution in [0.15, 0.2) is 29.6 Å². The van der Waals surface area contributed by atoms with E-state index in [0.717, 1.165) is 28.4 Å². The SMILES string of the molecule is OC1CN(Cc2cccc(-c3nc(CCl)cs3)c2)CC1O. The van der Waals surface area contributed by atoms with Gasteiger partial charge in [0.25, 0.3) is 0 Å². The number of aliphatic hydroxyl groups is 2. The molecule has 2 unspecified atom stereocenters. The van der Waals surface area contributed by atoms with Crippen molar-refractivity contribution in [1.29, 1.82) is 0 Å². The average Bonchev–Trinajstić information content (AvgIpc) is 3.07. The normalized spacial score (nSPS) is 22.8. The maximum absolute atomic E-state index is 9.60. The van der Waals surface area contributed by atoms with Crippen molar-refractivity contribution in [2.24, 2.45) is 0 Å². The number of halogens is 1. The molecule has 2 aromatic rings. The first-order chi connectivity index (χ1) is 10.2. The third-order valence-electron chi connectivity index (χ3n) is 3.60. The van der Waals surface area contributed by atoms with E-state index in [9.17, 15) is 10.2 Å². The molecule has 6 heteroatoms. The van der Waals surface area contributed by atoms with Crippen LogP contribution >= 0.6 is 22.9 Å². The fraction of sp³-hybridized carbons (Fsp3) is 0.400. The quantitative estimate of drug-likeness (QED) is 0.846. The summed E-state index contributed by atoms with van der Waals surface area (Å²) in [5.41, 5.74) is 3.12. The van der Waals surface area contributed by atoms with Crippen molar-refractivity contribution in [3.63, 3.8) is 0 Å². The van der Waals surface area contributed by atoms with Crippen LogP contribution in [-0.4, -0.2) is 45.4 Å². The van der Waals surface area contributed by atoms with Crippen LogP contribution in [0.25, 0.3) is 10.6 Å². The van der Waals surface area contributed by atoms with Crippen LogP contribution in [0.2, 0.25) is 0 Å². The standard InChI is InChI=1S/C15H17ClN2O2S/c16-5-12-9-21-15(17-12)11-3-1-2-10(4-11)6-18-7-13(19)14(20)8-18/h1-4,9,13-14,19-20H,5-8H2. The minimum Gasteiger partial charge on any atom is -0.389 e. The molecule has 0 spiro atoms. The van der Waals surface area contributed by atoms with E-state index in [1.807, 2.05) is 17.5 Å². The van der Waals surface area contributed by atoms with Crippen molar-refractivity contribution in [2.45, 2.75) is 24.6 Å². The predicted molar refractivity (Wildman–Crippen MR) is 84.4 cm³/mol. The smallest absolute Gasteiger partial charge is 0.123 e. The Balaban J connectivity index is 1.74. The van der Waals surface area contributed by atoms with Gasteiger partial charge in [-0.25, -0.2) is 4.98 Å². The van der Waals surface area contributed by atoms with Gasteiger partial charge in [0, 0.05) is 30.6 Å². The van der Waals surface area contributed by atoms with Gasteiger partial charge < -0.3 is 10.2 Å². The highest BCUT2D eigenvalue weighted by molar-refractivity contribution is 7.13. The summed E-state index contributed by atoms with van der Waals surface area (Å²) in [5.74, 6) is 0.430. The average molecular weight is 325 g/mol. The molecule has 2 N–H and O–H groups in total. The molecule has 2 atom stereocenters. The Morgan fingerprint density at radius 2 is 2.05 bits per heavy atom. The van der Waals surface area contributed by atoms with Crippen molar-refractivity contribution in [2.75, 3.05) is 13.1 Å². The first kappa shape index (κ1) is 14.9. The van der Waals surface area contributed by atoms with Crippen LogP contribution in [0.1, 0.15) is 11.3 Å². The highest BCUT2D eigenvalue weighted by Gasteiger charge is 2.29. The van der Waals surface area contributed by atoms with Gasteiger partial charge in [-0.15, -0.1) is 22.9 Å². The molecule has 0 saturated carbocycles. The number of hydrogen-bond acceptors (Lipinski definition) is 5. The molecule has 0 aliphatic carbocycles. The fourth-order valence-electron chi connectivity index (χ4n) is 2.54. The van der Waals surface area contributed by atoms with Gasteiger partial charge in [-0.3, -0.25) is 4.90 Å². The number of likely N-dealkylation sites (tertiary alicyclic amines) is 1. The zero-order valence-electron chi connectivity index (χ0n) is 11.4. The van der Waals surface area contributed by atoms with Crippen molar-refractivity contribution >= 4 is 22.9 Å². The molecular weight excluding hydrogens is 308 g/mol. The number of hydrogen-bond donors (Lipinski definition) is 2. The lowest BCUT2D eigenvalue weighted by molar-refractivity contribution is 0.0572. The molecule has 1 aliphatic heterocycles. The lowest BCUT2D eigenvalue weighted by Crippen LogP contribution is -2.22. The summed E-state index contributed by atoms with van der Waals surface area (Å²) in [5, 5.41) is 22.1. The van der Waals surface area contributed by atoms with E-state index < -0.39 is 12.2 Å². The number of alkyl halides is 1. The Hall–Kier alpha value is -0.980. The molecule has 21 heavy (non-hydrogen) atoms. The Bertz CT molecular complexity index is 609. The van der Waals surface area contributed by atoms with Gasteiger partial charge in [-0.1, -0.05) is 18.2 Å². The van der Waals surface area contributed by atoms with E-state index in [2.05, 4.69) is 22.0 Å². The molecule has 1 aromatic carbocycles. The van der Waals surface area contributed by atoms with Crippen LogP contribution in [-0.2, 0) is 12.4 Å². The second-order valence-corrected chi connectivity index (χ2v) is 6.43. The van der Waals surface area contributed by atoms with Gasteiger partial charge in [0.05, 0.1) is 23.8 Å². The number of rotatable bonds is 4. The molecule has 3 rings (SSSR count). The molecule has 112 valence electrons. The lowest BCUT2D eigenvalue weighted by atomic mass is 10.1. The molecule has 1 aromatic heterocycles. The monoisotopic (exact) mass is 324 g/mol. The number of aliphatic hydroxyl groups excluding tert-OH is 2. The van der Waals surface area contributed by atoms with E-state index in [1.165, 1.54) is 0 Å². The van der Waals surface area contributed by atoms with Crippen LogP contribution in [0.3, 0.4) is 0 Å². The Morgan fingerprint density at radius 3 is 2.71 bits per heavy atom. The molecule has 1 saturated heterocycles. The molecular formula is C15H17ClN2O2S. The van der Waals surface area contributed by atoms with E-state index in [0.29, 0.717) is 19.0 Å². The topological polar surface area (TPSA) is 56.6 Å². The Kier molecular flexibility index (Phi) is 4.57. The second kappa shape index (κ2) is 6.42. The van der Waals surface area contributed by atoms with Crippen LogP contribution < -0.4 is 0 Å². The summed E-state index contributed by atoms with van der Waals surface area (Å²) in [7, 11) is 0. The molecule has 0 radical (unpaired) electrons. The van der Waals surface area contributed by atoms with E-state index in [4.69, 9.17) is 11.6 Å². The molecule has 1 fully saturated rings. The first-order valence-electron chi connectivity index (χ1n) is 6.84. The summed E-state index contributed by atoms with van der Waals surface area (Å²) in [6.45, 7) is 1.74. The Labute approximate surface area is 132 Å². The summed E-state index contributed by atoms with van der Waals surface area (Å²) in [6, 6.07) is 8.20. The van der Waals surface area contributed by atoms with Gasteiger partial charge in [0.1, 0.15) is 5.01 Å². The highest BCUT2D eigenvalue weighted by Crippen LogP contribution is 2.26. The van der Waals surface area contributed by atoms with Crippen LogP contribution in [0.5, 0.6) is 0 Å². The number of nitrogens with zero attached hydrogens (tertiary/aromatic N) is 2. The lowest BCUT2D eigenvalue weighted by Gasteiger charge is -2.15.